The average Bonchev–Trinajstić information content (AvgIpc) is 2.89. The summed E-state index contributed by atoms with van der Waals surface area (Å²) in [6.07, 6.45) is 6.61. The molecule has 0 bridgehead atoms. The highest BCUT2D eigenvalue weighted by atomic mass is 16.1. The van der Waals surface area contributed by atoms with Crippen LogP contribution < -0.4 is 0 Å². The molecule has 1 saturated carbocycles. The van der Waals surface area contributed by atoms with Crippen LogP contribution in [0.4, 0.5) is 0 Å². The summed E-state index contributed by atoms with van der Waals surface area (Å²) in [4.78, 5) is 12.0. The second kappa shape index (κ2) is 4.55. The molecule has 2 aromatic rings. The second-order valence-electron chi connectivity index (χ2n) is 6.49. The number of hydrogen-bond acceptors (Lipinski definition) is 2. The predicted molar refractivity (Wildman–Crippen MR) is 81.1 cm³/mol. The summed E-state index contributed by atoms with van der Waals surface area (Å²) in [5.41, 5.74) is 3.87. The number of carbonyl (C=O) groups excluding carboxylic acids is 1. The first-order valence-electron chi connectivity index (χ1n) is 7.80. The van der Waals surface area contributed by atoms with Crippen LogP contribution in [0.15, 0.2) is 36.5 Å². The van der Waals surface area contributed by atoms with Gasteiger partial charge in [0.25, 0.3) is 0 Å². The van der Waals surface area contributed by atoms with Crippen molar-refractivity contribution in [3.63, 3.8) is 0 Å². The van der Waals surface area contributed by atoms with E-state index in [0.29, 0.717) is 24.5 Å². The molecule has 1 aromatic heterocycles. The van der Waals surface area contributed by atoms with Crippen LogP contribution in [0.1, 0.15) is 42.5 Å². The van der Waals surface area contributed by atoms with Crippen LogP contribution in [0.3, 0.4) is 0 Å². The van der Waals surface area contributed by atoms with Crippen LogP contribution in [-0.4, -0.2) is 15.6 Å². The molecule has 2 aliphatic carbocycles. The van der Waals surface area contributed by atoms with Gasteiger partial charge in [0.05, 0.1) is 5.69 Å². The maximum absolute atomic E-state index is 12.0. The van der Waals surface area contributed by atoms with E-state index in [9.17, 15) is 4.79 Å². The van der Waals surface area contributed by atoms with Gasteiger partial charge in [0.15, 0.2) is 0 Å². The van der Waals surface area contributed by atoms with Crippen LogP contribution in [0.5, 0.6) is 0 Å². The van der Waals surface area contributed by atoms with Gasteiger partial charge in [-0.2, -0.15) is 5.10 Å². The molecule has 4 rings (SSSR count). The van der Waals surface area contributed by atoms with E-state index < -0.39 is 0 Å². The molecule has 1 heterocycles. The lowest BCUT2D eigenvalue weighted by molar-refractivity contribution is -0.123. The molecule has 1 fully saturated rings. The van der Waals surface area contributed by atoms with Gasteiger partial charge in [0, 0.05) is 31.5 Å². The van der Waals surface area contributed by atoms with E-state index in [0.717, 1.165) is 19.3 Å². The third-order valence-corrected chi connectivity index (χ3v) is 5.35. The Morgan fingerprint density at radius 3 is 2.86 bits per heavy atom. The van der Waals surface area contributed by atoms with Gasteiger partial charge in [-0.1, -0.05) is 30.3 Å². The first-order chi connectivity index (χ1) is 10.2. The highest BCUT2D eigenvalue weighted by molar-refractivity contribution is 5.80. The maximum atomic E-state index is 12.0. The Balaban J connectivity index is 1.94. The van der Waals surface area contributed by atoms with Crippen molar-refractivity contribution in [2.24, 2.45) is 13.0 Å². The fraction of sp³-hybridized carbons (Fsp3) is 0.444. The number of aromatic nitrogens is 2. The molecule has 0 radical (unpaired) electrons. The number of carbonyl (C=O) groups is 1. The van der Waals surface area contributed by atoms with E-state index in [1.165, 1.54) is 16.8 Å². The second-order valence-corrected chi connectivity index (χ2v) is 6.49. The Kier molecular flexibility index (Phi) is 2.78. The molecule has 0 amide bonds. The molecule has 3 nitrogen and oxygen atoms in total. The molecule has 3 heteroatoms. The lowest BCUT2D eigenvalue weighted by atomic mass is 9.56. The highest BCUT2D eigenvalue weighted by Gasteiger charge is 2.50. The SMILES string of the molecule is Cn1cc2c(n1)C1(c3ccccc3)CCC(=O)CC1CC2. The number of ketones is 1. The summed E-state index contributed by atoms with van der Waals surface area (Å²) in [5.74, 6) is 0.828. The minimum Gasteiger partial charge on any atom is -0.300 e. The Labute approximate surface area is 125 Å². The quantitative estimate of drug-likeness (QED) is 0.805. The van der Waals surface area contributed by atoms with Crippen LogP contribution in [-0.2, 0) is 23.7 Å². The number of Topliss-reactive ketones (excluding diaryl/α,β-unsaturated/α-hetero) is 1. The summed E-state index contributed by atoms with van der Waals surface area (Å²) in [6.45, 7) is 0. The van der Waals surface area contributed by atoms with Gasteiger partial charge in [-0.15, -0.1) is 0 Å². The van der Waals surface area contributed by atoms with Gasteiger partial charge in [-0.3, -0.25) is 9.48 Å². The van der Waals surface area contributed by atoms with Gasteiger partial charge >= 0.3 is 0 Å². The third kappa shape index (κ3) is 1.80. The van der Waals surface area contributed by atoms with Gasteiger partial charge in [-0.25, -0.2) is 0 Å². The maximum Gasteiger partial charge on any atom is 0.133 e. The molecule has 0 N–H and O–H groups in total. The van der Waals surface area contributed by atoms with Crippen LogP contribution in [0.25, 0.3) is 0 Å². The zero-order valence-corrected chi connectivity index (χ0v) is 12.4. The van der Waals surface area contributed by atoms with E-state index in [-0.39, 0.29) is 5.41 Å². The number of nitrogens with zero attached hydrogens (tertiary/aromatic N) is 2. The number of fused-ring (bicyclic) bond motifs is 3. The summed E-state index contributed by atoms with van der Waals surface area (Å²) >= 11 is 0. The molecule has 0 spiro atoms. The Morgan fingerprint density at radius 1 is 1.24 bits per heavy atom. The normalized spacial score (nSPS) is 28.0. The van der Waals surface area contributed by atoms with Crippen molar-refractivity contribution >= 4 is 5.78 Å². The summed E-state index contributed by atoms with van der Waals surface area (Å²) in [5, 5.41) is 4.81. The molecule has 108 valence electrons. The topological polar surface area (TPSA) is 34.9 Å². The van der Waals surface area contributed by atoms with Crippen molar-refractivity contribution in [3.8, 4) is 0 Å². The first kappa shape index (κ1) is 12.8. The van der Waals surface area contributed by atoms with Crippen molar-refractivity contribution in [3.05, 3.63) is 53.3 Å². The molecular formula is C18H20N2O. The minimum atomic E-state index is -0.0516. The minimum absolute atomic E-state index is 0.0516. The molecular weight excluding hydrogens is 260 g/mol. The third-order valence-electron chi connectivity index (χ3n) is 5.35. The Bertz CT molecular complexity index is 688. The van der Waals surface area contributed by atoms with Crippen LogP contribution in [0, 0.1) is 5.92 Å². The summed E-state index contributed by atoms with van der Waals surface area (Å²) in [6, 6.07) is 10.7. The zero-order chi connectivity index (χ0) is 14.4. The Morgan fingerprint density at radius 2 is 2.05 bits per heavy atom. The van der Waals surface area contributed by atoms with Crippen molar-refractivity contribution < 1.29 is 4.79 Å². The van der Waals surface area contributed by atoms with Crippen molar-refractivity contribution in [2.45, 2.75) is 37.5 Å². The Hall–Kier alpha value is -1.90. The van der Waals surface area contributed by atoms with E-state index in [1.54, 1.807) is 0 Å². The van der Waals surface area contributed by atoms with Gasteiger partial charge in [0.1, 0.15) is 5.78 Å². The first-order valence-corrected chi connectivity index (χ1v) is 7.80. The predicted octanol–water partition coefficient (Wildman–Crippen LogP) is 3.02. The highest BCUT2D eigenvalue weighted by Crippen LogP contribution is 2.52. The molecule has 2 atom stereocenters. The largest absolute Gasteiger partial charge is 0.300 e. The number of benzene rings is 1. The smallest absolute Gasteiger partial charge is 0.133 e. The van der Waals surface area contributed by atoms with Gasteiger partial charge in [0.2, 0.25) is 0 Å². The number of rotatable bonds is 1. The molecule has 0 saturated heterocycles. The standard InChI is InChI=1S/C18H20N2O/c1-20-12-13-7-8-15-11-16(21)9-10-18(15,17(13)19-20)14-5-3-2-4-6-14/h2-6,12,15H,7-11H2,1H3. The van der Waals surface area contributed by atoms with Crippen molar-refractivity contribution in [1.29, 1.82) is 0 Å². The zero-order valence-electron chi connectivity index (χ0n) is 12.4. The van der Waals surface area contributed by atoms with Crippen molar-refractivity contribution in [2.75, 3.05) is 0 Å². The monoisotopic (exact) mass is 280 g/mol. The van der Waals surface area contributed by atoms with Gasteiger partial charge in [-0.05, 0) is 36.3 Å². The molecule has 2 unspecified atom stereocenters. The van der Waals surface area contributed by atoms with E-state index in [2.05, 4.69) is 36.5 Å². The van der Waals surface area contributed by atoms with Crippen LogP contribution in [0.2, 0.25) is 0 Å². The molecule has 2 aliphatic rings. The molecule has 0 aliphatic heterocycles. The van der Waals surface area contributed by atoms with E-state index >= 15 is 0 Å². The fourth-order valence-electron chi connectivity index (χ4n) is 4.43. The molecule has 1 aromatic carbocycles. The average molecular weight is 280 g/mol. The van der Waals surface area contributed by atoms with E-state index in [4.69, 9.17) is 5.10 Å². The number of hydrogen-bond donors (Lipinski definition) is 0. The molecule has 21 heavy (non-hydrogen) atoms. The van der Waals surface area contributed by atoms with Crippen LogP contribution >= 0.6 is 0 Å². The lowest BCUT2D eigenvalue weighted by Crippen LogP contribution is -2.45. The van der Waals surface area contributed by atoms with Crippen molar-refractivity contribution in [1.82, 2.24) is 9.78 Å². The summed E-state index contributed by atoms with van der Waals surface area (Å²) in [7, 11) is 2.00. The number of aryl methyl sites for hydroxylation is 2. The fourth-order valence-corrected chi connectivity index (χ4v) is 4.43. The lowest BCUT2D eigenvalue weighted by Gasteiger charge is -2.46. The van der Waals surface area contributed by atoms with Gasteiger partial charge < -0.3 is 0 Å². The summed E-state index contributed by atoms with van der Waals surface area (Å²) < 4.78 is 1.94. The van der Waals surface area contributed by atoms with E-state index in [1.807, 2.05) is 11.7 Å².